The standard InChI is InChI=1S/C12H22N2O2/c1-12(2,3)14(11(15)16)10-6-7-13(8-10)9-4-5-9/h9-10H,4-8H2,1-3H3,(H,15,16)/t10-/m0/s1. The first-order valence-corrected chi connectivity index (χ1v) is 6.16. The Hall–Kier alpha value is -0.770. The van der Waals surface area contributed by atoms with Crippen molar-refractivity contribution in [2.45, 2.75) is 57.7 Å². The van der Waals surface area contributed by atoms with Gasteiger partial charge in [-0.05, 0) is 40.0 Å². The summed E-state index contributed by atoms with van der Waals surface area (Å²) in [4.78, 5) is 15.4. The summed E-state index contributed by atoms with van der Waals surface area (Å²) < 4.78 is 0. The summed E-state index contributed by atoms with van der Waals surface area (Å²) in [5.74, 6) is 0. The second-order valence-corrected chi connectivity index (χ2v) is 5.99. The van der Waals surface area contributed by atoms with E-state index in [0.717, 1.165) is 25.6 Å². The third-order valence-corrected chi connectivity index (χ3v) is 3.55. The minimum atomic E-state index is -0.782. The molecule has 0 aromatic heterocycles. The van der Waals surface area contributed by atoms with Gasteiger partial charge in [0.1, 0.15) is 0 Å². The molecule has 0 aromatic carbocycles. The maximum atomic E-state index is 11.3. The molecule has 1 aliphatic heterocycles. The Kier molecular flexibility index (Phi) is 2.86. The quantitative estimate of drug-likeness (QED) is 0.783. The molecule has 2 fully saturated rings. The van der Waals surface area contributed by atoms with Crippen LogP contribution in [0.1, 0.15) is 40.0 Å². The molecule has 2 rings (SSSR count). The molecule has 1 atom stereocenters. The highest BCUT2D eigenvalue weighted by atomic mass is 16.4. The van der Waals surface area contributed by atoms with Crippen LogP contribution in [0.5, 0.6) is 0 Å². The van der Waals surface area contributed by atoms with E-state index in [4.69, 9.17) is 0 Å². The molecule has 1 aliphatic carbocycles. The van der Waals surface area contributed by atoms with E-state index in [1.807, 2.05) is 20.8 Å². The van der Waals surface area contributed by atoms with Gasteiger partial charge in [0.25, 0.3) is 0 Å². The highest BCUT2D eigenvalue weighted by Gasteiger charge is 2.41. The third kappa shape index (κ3) is 2.32. The third-order valence-electron chi connectivity index (χ3n) is 3.55. The van der Waals surface area contributed by atoms with E-state index < -0.39 is 6.09 Å². The van der Waals surface area contributed by atoms with Crippen molar-refractivity contribution >= 4 is 6.09 Å². The van der Waals surface area contributed by atoms with Gasteiger partial charge in [-0.1, -0.05) is 0 Å². The van der Waals surface area contributed by atoms with Crippen LogP contribution < -0.4 is 0 Å². The lowest BCUT2D eigenvalue weighted by atomic mass is 10.0. The minimum absolute atomic E-state index is 0.179. The molecular formula is C12H22N2O2. The number of carbonyl (C=O) groups is 1. The van der Waals surface area contributed by atoms with E-state index in [9.17, 15) is 9.90 Å². The van der Waals surface area contributed by atoms with Crippen molar-refractivity contribution in [1.82, 2.24) is 9.80 Å². The Morgan fingerprint density at radius 2 is 1.94 bits per heavy atom. The number of carboxylic acid groups (broad SMARTS) is 1. The predicted molar refractivity (Wildman–Crippen MR) is 62.6 cm³/mol. The lowest BCUT2D eigenvalue weighted by Gasteiger charge is -2.38. The predicted octanol–water partition coefficient (Wildman–Crippen LogP) is 2.00. The van der Waals surface area contributed by atoms with Crippen LogP contribution in [0.4, 0.5) is 4.79 Å². The summed E-state index contributed by atoms with van der Waals surface area (Å²) in [5, 5.41) is 9.32. The normalized spacial score (nSPS) is 27.1. The Morgan fingerprint density at radius 3 is 2.38 bits per heavy atom. The summed E-state index contributed by atoms with van der Waals surface area (Å²) in [7, 11) is 0. The molecule has 92 valence electrons. The number of rotatable bonds is 2. The molecule has 2 aliphatic rings. The van der Waals surface area contributed by atoms with Crippen molar-refractivity contribution in [2.75, 3.05) is 13.1 Å². The monoisotopic (exact) mass is 226 g/mol. The van der Waals surface area contributed by atoms with Gasteiger partial charge >= 0.3 is 6.09 Å². The zero-order valence-electron chi connectivity index (χ0n) is 10.4. The summed E-state index contributed by atoms with van der Waals surface area (Å²) in [6.07, 6.45) is 2.81. The molecule has 1 saturated heterocycles. The smallest absolute Gasteiger partial charge is 0.408 e. The minimum Gasteiger partial charge on any atom is -0.465 e. The Bertz CT molecular complexity index is 281. The highest BCUT2D eigenvalue weighted by molar-refractivity contribution is 5.66. The zero-order valence-corrected chi connectivity index (χ0v) is 10.4. The van der Waals surface area contributed by atoms with Gasteiger partial charge in [0.2, 0.25) is 0 Å². The summed E-state index contributed by atoms with van der Waals surface area (Å²) in [5.41, 5.74) is -0.296. The molecule has 0 spiro atoms. The number of likely N-dealkylation sites (tertiary alicyclic amines) is 1. The SMILES string of the molecule is CC(C)(C)N(C(=O)O)[C@H]1CCN(C2CC2)C1. The maximum absolute atomic E-state index is 11.3. The molecule has 16 heavy (non-hydrogen) atoms. The maximum Gasteiger partial charge on any atom is 0.408 e. The second kappa shape index (κ2) is 3.91. The van der Waals surface area contributed by atoms with Gasteiger partial charge in [-0.3, -0.25) is 9.80 Å². The molecule has 0 radical (unpaired) electrons. The van der Waals surface area contributed by atoms with Crippen LogP contribution in [-0.2, 0) is 0 Å². The number of hydrogen-bond donors (Lipinski definition) is 1. The molecule has 0 aromatic rings. The second-order valence-electron chi connectivity index (χ2n) is 5.99. The summed E-state index contributed by atoms with van der Waals surface area (Å²) >= 11 is 0. The van der Waals surface area contributed by atoms with Crippen molar-refractivity contribution < 1.29 is 9.90 Å². The van der Waals surface area contributed by atoms with Crippen molar-refractivity contribution in [3.63, 3.8) is 0 Å². The van der Waals surface area contributed by atoms with Gasteiger partial charge in [0, 0.05) is 30.7 Å². The fraction of sp³-hybridized carbons (Fsp3) is 0.917. The number of nitrogens with zero attached hydrogens (tertiary/aromatic N) is 2. The Balaban J connectivity index is 2.01. The molecule has 0 bridgehead atoms. The van der Waals surface area contributed by atoms with Crippen LogP contribution in [0.3, 0.4) is 0 Å². The lowest BCUT2D eigenvalue weighted by molar-refractivity contribution is 0.0718. The average Bonchev–Trinajstić information content (AvgIpc) is 2.85. The molecule has 1 amide bonds. The fourth-order valence-electron chi connectivity index (χ4n) is 2.74. The fourth-order valence-corrected chi connectivity index (χ4v) is 2.74. The zero-order chi connectivity index (χ0) is 11.9. The van der Waals surface area contributed by atoms with E-state index in [0.29, 0.717) is 0 Å². The largest absolute Gasteiger partial charge is 0.465 e. The Morgan fingerprint density at radius 1 is 1.31 bits per heavy atom. The van der Waals surface area contributed by atoms with Crippen LogP contribution in [0.2, 0.25) is 0 Å². The van der Waals surface area contributed by atoms with Crippen molar-refractivity contribution in [3.8, 4) is 0 Å². The first-order chi connectivity index (χ1) is 7.39. The van der Waals surface area contributed by atoms with E-state index >= 15 is 0 Å². The topological polar surface area (TPSA) is 43.8 Å². The average molecular weight is 226 g/mol. The van der Waals surface area contributed by atoms with Gasteiger partial charge < -0.3 is 5.11 Å². The van der Waals surface area contributed by atoms with E-state index in [1.165, 1.54) is 12.8 Å². The first-order valence-electron chi connectivity index (χ1n) is 6.16. The van der Waals surface area contributed by atoms with Crippen LogP contribution >= 0.6 is 0 Å². The summed E-state index contributed by atoms with van der Waals surface area (Å²) in [6, 6.07) is 0.929. The first kappa shape index (κ1) is 11.7. The Labute approximate surface area is 97.2 Å². The van der Waals surface area contributed by atoms with Gasteiger partial charge in [-0.25, -0.2) is 4.79 Å². The molecule has 1 heterocycles. The molecule has 4 nitrogen and oxygen atoms in total. The van der Waals surface area contributed by atoms with Gasteiger partial charge in [0.05, 0.1) is 0 Å². The van der Waals surface area contributed by atoms with Crippen molar-refractivity contribution in [2.24, 2.45) is 0 Å². The number of amides is 1. The van der Waals surface area contributed by atoms with Crippen LogP contribution in [0.15, 0.2) is 0 Å². The molecule has 4 heteroatoms. The number of hydrogen-bond acceptors (Lipinski definition) is 2. The van der Waals surface area contributed by atoms with Gasteiger partial charge in [0.15, 0.2) is 0 Å². The molecule has 1 N–H and O–H groups in total. The van der Waals surface area contributed by atoms with Crippen molar-refractivity contribution in [3.05, 3.63) is 0 Å². The van der Waals surface area contributed by atoms with E-state index in [1.54, 1.807) is 4.90 Å². The van der Waals surface area contributed by atoms with E-state index in [2.05, 4.69) is 4.90 Å². The van der Waals surface area contributed by atoms with Gasteiger partial charge in [-0.15, -0.1) is 0 Å². The molecular weight excluding hydrogens is 204 g/mol. The van der Waals surface area contributed by atoms with Gasteiger partial charge in [-0.2, -0.15) is 0 Å². The molecule has 0 unspecified atom stereocenters. The van der Waals surface area contributed by atoms with Crippen molar-refractivity contribution in [1.29, 1.82) is 0 Å². The van der Waals surface area contributed by atoms with Crippen LogP contribution in [0.25, 0.3) is 0 Å². The van der Waals surface area contributed by atoms with E-state index in [-0.39, 0.29) is 11.6 Å². The summed E-state index contributed by atoms with van der Waals surface area (Å²) in [6.45, 7) is 7.91. The van der Waals surface area contributed by atoms with Crippen LogP contribution in [-0.4, -0.2) is 51.7 Å². The lowest BCUT2D eigenvalue weighted by Crippen LogP contribution is -2.52. The van der Waals surface area contributed by atoms with Crippen LogP contribution in [0, 0.1) is 0 Å². The molecule has 1 saturated carbocycles. The highest BCUT2D eigenvalue weighted by Crippen LogP contribution is 2.32.